The highest BCUT2D eigenvalue weighted by Crippen LogP contribution is 2.33. The molecule has 2 unspecified atom stereocenters. The van der Waals surface area contributed by atoms with Gasteiger partial charge in [-0.1, -0.05) is 18.2 Å². The third-order valence-electron chi connectivity index (χ3n) is 4.54. The second-order valence-electron chi connectivity index (χ2n) is 6.32. The lowest BCUT2D eigenvalue weighted by Gasteiger charge is -2.41. The van der Waals surface area contributed by atoms with E-state index in [2.05, 4.69) is 6.58 Å². The van der Waals surface area contributed by atoms with Crippen molar-refractivity contribution < 1.29 is 34.7 Å². The standard InChI is InChI=1S/C16H24O7/c1-7(2)9-5-4-8(3)10(6-9)22-16-13(19)11(17)12(18)14(23-16)15(20)21/h4,9-14,16-19H,1,5-6H2,2-3H3,(H,20,21)/t9-,10?,11+,12+,13-,14+,16?/m1/s1. The molecule has 1 saturated heterocycles. The molecular weight excluding hydrogens is 304 g/mol. The van der Waals surface area contributed by atoms with E-state index in [9.17, 15) is 20.1 Å². The largest absolute Gasteiger partial charge is 0.479 e. The predicted octanol–water partition coefficient (Wildman–Crippen LogP) is 0.196. The highest BCUT2D eigenvalue weighted by Gasteiger charge is 2.48. The van der Waals surface area contributed by atoms with Crippen LogP contribution in [0.5, 0.6) is 0 Å². The number of aliphatic hydroxyl groups excluding tert-OH is 3. The highest BCUT2D eigenvalue weighted by atomic mass is 16.7. The van der Waals surface area contributed by atoms with Crippen LogP contribution in [0.25, 0.3) is 0 Å². The summed E-state index contributed by atoms with van der Waals surface area (Å²) in [5, 5.41) is 38.6. The molecule has 130 valence electrons. The summed E-state index contributed by atoms with van der Waals surface area (Å²) < 4.78 is 10.9. The van der Waals surface area contributed by atoms with Crippen LogP contribution in [0.2, 0.25) is 0 Å². The SMILES string of the molecule is C=C(C)[C@@H]1CC=C(C)C(OC2O[C@H](C(=O)O)[C@@H](O)[C@H](O)[C@H]2O)C1. The van der Waals surface area contributed by atoms with E-state index in [-0.39, 0.29) is 12.0 Å². The number of rotatable bonds is 4. The Labute approximate surface area is 134 Å². The van der Waals surface area contributed by atoms with Gasteiger partial charge in [0.15, 0.2) is 12.4 Å². The Kier molecular flexibility index (Phi) is 5.59. The molecule has 0 bridgehead atoms. The van der Waals surface area contributed by atoms with Crippen molar-refractivity contribution >= 4 is 5.97 Å². The minimum Gasteiger partial charge on any atom is -0.479 e. The molecule has 0 radical (unpaired) electrons. The zero-order valence-electron chi connectivity index (χ0n) is 13.3. The Morgan fingerprint density at radius 1 is 1.30 bits per heavy atom. The second kappa shape index (κ2) is 7.11. The topological polar surface area (TPSA) is 116 Å². The number of carbonyl (C=O) groups is 1. The molecule has 7 heteroatoms. The van der Waals surface area contributed by atoms with E-state index in [4.69, 9.17) is 14.6 Å². The van der Waals surface area contributed by atoms with Gasteiger partial charge in [0, 0.05) is 0 Å². The lowest BCUT2D eigenvalue weighted by Crippen LogP contribution is -2.61. The number of carboxylic acid groups (broad SMARTS) is 1. The van der Waals surface area contributed by atoms with Crippen molar-refractivity contribution in [2.24, 2.45) is 5.92 Å². The summed E-state index contributed by atoms with van der Waals surface area (Å²) >= 11 is 0. The molecular formula is C16H24O7. The Morgan fingerprint density at radius 2 is 1.96 bits per heavy atom. The molecule has 0 saturated carbocycles. The Hall–Kier alpha value is -1.25. The van der Waals surface area contributed by atoms with Crippen LogP contribution in [0.1, 0.15) is 26.7 Å². The van der Waals surface area contributed by atoms with Gasteiger partial charge in [0.1, 0.15) is 18.3 Å². The summed E-state index contributed by atoms with van der Waals surface area (Å²) in [6, 6.07) is 0. The molecule has 1 aliphatic carbocycles. The van der Waals surface area contributed by atoms with E-state index in [1.807, 2.05) is 19.9 Å². The molecule has 0 amide bonds. The first kappa shape index (κ1) is 18.1. The smallest absolute Gasteiger partial charge is 0.335 e. The normalized spacial score (nSPS) is 41.3. The summed E-state index contributed by atoms with van der Waals surface area (Å²) in [4.78, 5) is 11.1. The van der Waals surface area contributed by atoms with E-state index in [1.165, 1.54) is 0 Å². The van der Waals surface area contributed by atoms with Crippen molar-refractivity contribution in [2.45, 2.75) is 63.5 Å². The quantitative estimate of drug-likeness (QED) is 0.545. The monoisotopic (exact) mass is 328 g/mol. The molecule has 2 rings (SSSR count). The maximum Gasteiger partial charge on any atom is 0.335 e. The average molecular weight is 328 g/mol. The molecule has 0 aromatic heterocycles. The fourth-order valence-electron chi connectivity index (χ4n) is 2.89. The number of ether oxygens (including phenoxy) is 2. The first-order chi connectivity index (χ1) is 10.7. The summed E-state index contributed by atoms with van der Waals surface area (Å²) in [5.74, 6) is -1.19. The zero-order chi connectivity index (χ0) is 17.3. The van der Waals surface area contributed by atoms with Crippen LogP contribution in [0.3, 0.4) is 0 Å². The van der Waals surface area contributed by atoms with Crippen molar-refractivity contribution in [2.75, 3.05) is 0 Å². The molecule has 23 heavy (non-hydrogen) atoms. The van der Waals surface area contributed by atoms with Crippen LogP contribution in [-0.4, -0.2) is 63.2 Å². The Bertz CT molecular complexity index is 501. The Balaban J connectivity index is 2.11. The Morgan fingerprint density at radius 3 is 2.52 bits per heavy atom. The van der Waals surface area contributed by atoms with Crippen LogP contribution < -0.4 is 0 Å². The molecule has 1 aliphatic heterocycles. The fraction of sp³-hybridized carbons (Fsp3) is 0.688. The van der Waals surface area contributed by atoms with Gasteiger partial charge in [0.25, 0.3) is 0 Å². The maximum absolute atomic E-state index is 11.1. The maximum atomic E-state index is 11.1. The van der Waals surface area contributed by atoms with E-state index in [0.29, 0.717) is 6.42 Å². The molecule has 1 fully saturated rings. The van der Waals surface area contributed by atoms with Gasteiger partial charge in [-0.05, 0) is 38.2 Å². The number of allylic oxidation sites excluding steroid dienone is 2. The van der Waals surface area contributed by atoms with Gasteiger partial charge in [0.2, 0.25) is 0 Å². The van der Waals surface area contributed by atoms with Crippen molar-refractivity contribution in [1.29, 1.82) is 0 Å². The molecule has 2 aliphatic rings. The van der Waals surface area contributed by atoms with Gasteiger partial charge in [-0.15, -0.1) is 0 Å². The van der Waals surface area contributed by atoms with E-state index in [1.54, 1.807) is 0 Å². The van der Waals surface area contributed by atoms with Gasteiger partial charge in [0.05, 0.1) is 6.10 Å². The third kappa shape index (κ3) is 3.81. The molecule has 1 heterocycles. The van der Waals surface area contributed by atoms with E-state index < -0.39 is 36.7 Å². The molecule has 4 N–H and O–H groups in total. The third-order valence-corrected chi connectivity index (χ3v) is 4.54. The molecule has 0 spiro atoms. The molecule has 0 aromatic rings. The number of carboxylic acids is 1. The summed E-state index contributed by atoms with van der Waals surface area (Å²) in [7, 11) is 0. The van der Waals surface area contributed by atoms with Gasteiger partial charge >= 0.3 is 5.97 Å². The van der Waals surface area contributed by atoms with Gasteiger partial charge in [-0.2, -0.15) is 0 Å². The van der Waals surface area contributed by atoms with Crippen molar-refractivity contribution in [3.63, 3.8) is 0 Å². The second-order valence-corrected chi connectivity index (χ2v) is 6.32. The number of aliphatic carboxylic acids is 1. The molecule has 0 aromatic carbocycles. The van der Waals surface area contributed by atoms with Crippen LogP contribution >= 0.6 is 0 Å². The van der Waals surface area contributed by atoms with Gasteiger partial charge < -0.3 is 29.9 Å². The van der Waals surface area contributed by atoms with E-state index >= 15 is 0 Å². The highest BCUT2D eigenvalue weighted by molar-refractivity contribution is 5.73. The van der Waals surface area contributed by atoms with Gasteiger partial charge in [-0.25, -0.2) is 4.79 Å². The summed E-state index contributed by atoms with van der Waals surface area (Å²) in [6.45, 7) is 7.76. The van der Waals surface area contributed by atoms with Crippen LogP contribution in [0.15, 0.2) is 23.8 Å². The number of aliphatic hydroxyl groups is 3. The summed E-state index contributed by atoms with van der Waals surface area (Å²) in [6.07, 6.45) is -4.74. The van der Waals surface area contributed by atoms with Gasteiger partial charge in [-0.3, -0.25) is 0 Å². The zero-order valence-corrected chi connectivity index (χ0v) is 13.3. The van der Waals surface area contributed by atoms with Crippen LogP contribution in [0.4, 0.5) is 0 Å². The first-order valence-corrected chi connectivity index (χ1v) is 7.62. The lowest BCUT2D eigenvalue weighted by atomic mass is 9.84. The number of hydrogen-bond acceptors (Lipinski definition) is 6. The van der Waals surface area contributed by atoms with Crippen molar-refractivity contribution in [1.82, 2.24) is 0 Å². The van der Waals surface area contributed by atoms with Crippen molar-refractivity contribution in [3.05, 3.63) is 23.8 Å². The van der Waals surface area contributed by atoms with E-state index in [0.717, 1.165) is 17.6 Å². The van der Waals surface area contributed by atoms with Crippen molar-refractivity contribution in [3.8, 4) is 0 Å². The van der Waals surface area contributed by atoms with Crippen LogP contribution in [-0.2, 0) is 14.3 Å². The molecule has 7 nitrogen and oxygen atoms in total. The predicted molar refractivity (Wildman–Crippen MR) is 80.5 cm³/mol. The minimum atomic E-state index is -1.71. The fourth-order valence-corrected chi connectivity index (χ4v) is 2.89. The summed E-state index contributed by atoms with van der Waals surface area (Å²) in [5.41, 5.74) is 1.97. The molecule has 7 atom stereocenters. The first-order valence-electron chi connectivity index (χ1n) is 7.62. The average Bonchev–Trinajstić information content (AvgIpc) is 2.49. The number of hydrogen-bond donors (Lipinski definition) is 4. The van der Waals surface area contributed by atoms with Crippen LogP contribution in [0, 0.1) is 5.92 Å². The minimum absolute atomic E-state index is 0.232. The lowest BCUT2D eigenvalue weighted by molar-refractivity contribution is -0.302.